The minimum atomic E-state index is -4.06. The molecular weight excluding hydrogens is 241 g/mol. The first-order valence-electron chi connectivity index (χ1n) is 5.46. The van der Waals surface area contributed by atoms with Crippen LogP contribution >= 0.6 is 12.4 Å². The van der Waals surface area contributed by atoms with Crippen LogP contribution in [0.5, 0.6) is 0 Å². The lowest BCUT2D eigenvalue weighted by Crippen LogP contribution is -2.49. The smallest absolute Gasteiger partial charge is 0.327 e. The maximum atomic E-state index is 12.1. The van der Waals surface area contributed by atoms with Crippen LogP contribution in [0.3, 0.4) is 0 Å². The summed E-state index contributed by atoms with van der Waals surface area (Å²) in [6, 6.07) is 0.0830. The highest BCUT2D eigenvalue weighted by molar-refractivity contribution is 5.85. The maximum Gasteiger partial charge on any atom is 0.390 e. The third-order valence-corrected chi connectivity index (χ3v) is 2.95. The second-order valence-electron chi connectivity index (χ2n) is 4.32. The van der Waals surface area contributed by atoms with Gasteiger partial charge in [0, 0.05) is 18.6 Å². The van der Waals surface area contributed by atoms with Gasteiger partial charge in [-0.05, 0) is 26.3 Å². The van der Waals surface area contributed by atoms with Gasteiger partial charge in [-0.1, -0.05) is 6.42 Å². The van der Waals surface area contributed by atoms with E-state index in [0.717, 1.165) is 25.8 Å². The van der Waals surface area contributed by atoms with Crippen LogP contribution in [0.25, 0.3) is 0 Å². The third kappa shape index (κ3) is 5.37. The second-order valence-corrected chi connectivity index (χ2v) is 4.32. The molecule has 0 aromatic rings. The van der Waals surface area contributed by atoms with Gasteiger partial charge >= 0.3 is 6.18 Å². The standard InChI is InChI=1S/C10H19F3N2.ClH/c1-8(14)9-4-2-3-6-15(9)7-5-10(11,12)13;/h8-9H,2-7,14H2,1H3;1H. The second kappa shape index (κ2) is 6.67. The Bertz CT molecular complexity index is 197. The summed E-state index contributed by atoms with van der Waals surface area (Å²) in [5, 5.41) is 0. The molecule has 1 aliphatic heterocycles. The Labute approximate surface area is 101 Å². The molecule has 0 spiro atoms. The number of likely N-dealkylation sites (tertiary alicyclic amines) is 1. The van der Waals surface area contributed by atoms with Crippen molar-refractivity contribution in [3.63, 3.8) is 0 Å². The van der Waals surface area contributed by atoms with Crippen molar-refractivity contribution < 1.29 is 13.2 Å². The predicted octanol–water partition coefficient (Wildman–Crippen LogP) is 2.56. The molecule has 1 rings (SSSR count). The summed E-state index contributed by atoms with van der Waals surface area (Å²) in [6.45, 7) is 2.72. The van der Waals surface area contributed by atoms with Crippen LogP contribution in [0.15, 0.2) is 0 Å². The summed E-state index contributed by atoms with van der Waals surface area (Å²) in [4.78, 5) is 1.89. The summed E-state index contributed by atoms with van der Waals surface area (Å²) in [6.07, 6.45) is -1.79. The summed E-state index contributed by atoms with van der Waals surface area (Å²) >= 11 is 0. The van der Waals surface area contributed by atoms with Gasteiger partial charge in [0.2, 0.25) is 0 Å². The van der Waals surface area contributed by atoms with Crippen molar-refractivity contribution >= 4 is 12.4 Å². The van der Waals surface area contributed by atoms with Gasteiger partial charge < -0.3 is 5.73 Å². The van der Waals surface area contributed by atoms with Crippen molar-refractivity contribution in [2.24, 2.45) is 5.73 Å². The molecule has 2 N–H and O–H groups in total. The molecular formula is C10H20ClF3N2. The Hall–Kier alpha value is -0.0000000000000000555. The third-order valence-electron chi connectivity index (χ3n) is 2.95. The largest absolute Gasteiger partial charge is 0.390 e. The minimum absolute atomic E-state index is 0. The van der Waals surface area contributed by atoms with Crippen molar-refractivity contribution in [2.45, 2.75) is 50.9 Å². The lowest BCUT2D eigenvalue weighted by Gasteiger charge is -2.38. The number of rotatable bonds is 3. The molecule has 0 saturated carbocycles. The van der Waals surface area contributed by atoms with E-state index in [2.05, 4.69) is 0 Å². The summed E-state index contributed by atoms with van der Waals surface area (Å²) in [5.41, 5.74) is 5.77. The average Bonchev–Trinajstić information content (AvgIpc) is 2.14. The molecule has 0 aromatic carbocycles. The van der Waals surface area contributed by atoms with Crippen molar-refractivity contribution in [1.29, 1.82) is 0 Å². The first-order valence-corrected chi connectivity index (χ1v) is 5.46. The van der Waals surface area contributed by atoms with Crippen LogP contribution < -0.4 is 5.73 Å². The molecule has 6 heteroatoms. The molecule has 16 heavy (non-hydrogen) atoms. The van der Waals surface area contributed by atoms with E-state index in [-0.39, 0.29) is 31.0 Å². The zero-order chi connectivity index (χ0) is 11.5. The average molecular weight is 261 g/mol. The van der Waals surface area contributed by atoms with Gasteiger partial charge in [0.1, 0.15) is 0 Å². The number of alkyl halides is 3. The fourth-order valence-electron chi connectivity index (χ4n) is 2.16. The van der Waals surface area contributed by atoms with Crippen molar-refractivity contribution in [1.82, 2.24) is 4.90 Å². The Balaban J connectivity index is 0.00000225. The quantitative estimate of drug-likeness (QED) is 0.845. The minimum Gasteiger partial charge on any atom is -0.327 e. The number of nitrogens with two attached hydrogens (primary N) is 1. The molecule has 2 unspecified atom stereocenters. The van der Waals surface area contributed by atoms with Gasteiger partial charge in [0.05, 0.1) is 6.42 Å². The van der Waals surface area contributed by atoms with E-state index in [1.54, 1.807) is 0 Å². The molecule has 0 amide bonds. The first kappa shape index (κ1) is 16.0. The van der Waals surface area contributed by atoms with Crippen molar-refractivity contribution in [2.75, 3.05) is 13.1 Å². The monoisotopic (exact) mass is 260 g/mol. The van der Waals surface area contributed by atoms with Gasteiger partial charge in [-0.3, -0.25) is 4.90 Å². The summed E-state index contributed by atoms with van der Waals surface area (Å²) in [5.74, 6) is 0. The molecule has 1 fully saturated rings. The Morgan fingerprint density at radius 1 is 1.38 bits per heavy atom. The maximum absolute atomic E-state index is 12.1. The fourth-order valence-corrected chi connectivity index (χ4v) is 2.16. The first-order chi connectivity index (χ1) is 6.90. The van der Waals surface area contributed by atoms with Crippen LogP contribution in [-0.2, 0) is 0 Å². The molecule has 1 heterocycles. The van der Waals surface area contributed by atoms with Crippen LogP contribution in [0.1, 0.15) is 32.6 Å². The van der Waals surface area contributed by atoms with Crippen LogP contribution in [0.2, 0.25) is 0 Å². The molecule has 1 aliphatic rings. The van der Waals surface area contributed by atoms with Gasteiger partial charge in [-0.2, -0.15) is 13.2 Å². The van der Waals surface area contributed by atoms with E-state index in [0.29, 0.717) is 0 Å². The highest BCUT2D eigenvalue weighted by Gasteiger charge is 2.31. The molecule has 98 valence electrons. The number of hydrogen-bond acceptors (Lipinski definition) is 2. The van der Waals surface area contributed by atoms with Crippen LogP contribution in [0.4, 0.5) is 13.2 Å². The van der Waals surface area contributed by atoms with Crippen LogP contribution in [-0.4, -0.2) is 36.2 Å². The van der Waals surface area contributed by atoms with E-state index in [9.17, 15) is 13.2 Å². The van der Waals surface area contributed by atoms with Gasteiger partial charge in [-0.25, -0.2) is 0 Å². The van der Waals surface area contributed by atoms with Gasteiger partial charge in [0.15, 0.2) is 0 Å². The van der Waals surface area contributed by atoms with E-state index < -0.39 is 12.6 Å². The zero-order valence-corrected chi connectivity index (χ0v) is 10.3. The Morgan fingerprint density at radius 3 is 2.50 bits per heavy atom. The van der Waals surface area contributed by atoms with Gasteiger partial charge in [0.25, 0.3) is 0 Å². The van der Waals surface area contributed by atoms with E-state index in [1.165, 1.54) is 0 Å². The van der Waals surface area contributed by atoms with Crippen molar-refractivity contribution in [3.05, 3.63) is 0 Å². The normalized spacial score (nSPS) is 24.9. The fraction of sp³-hybridized carbons (Fsp3) is 1.00. The SMILES string of the molecule is CC(N)C1CCCCN1CCC(F)(F)F.Cl. The lowest BCUT2D eigenvalue weighted by atomic mass is 9.97. The highest BCUT2D eigenvalue weighted by Crippen LogP contribution is 2.24. The number of halogens is 4. The van der Waals surface area contributed by atoms with Crippen LogP contribution in [0, 0.1) is 0 Å². The number of hydrogen-bond donors (Lipinski definition) is 1. The van der Waals surface area contributed by atoms with Gasteiger partial charge in [-0.15, -0.1) is 12.4 Å². The lowest BCUT2D eigenvalue weighted by molar-refractivity contribution is -0.140. The molecule has 0 radical (unpaired) electrons. The Morgan fingerprint density at radius 2 is 2.00 bits per heavy atom. The number of nitrogens with zero attached hydrogens (tertiary/aromatic N) is 1. The topological polar surface area (TPSA) is 29.3 Å². The van der Waals surface area contributed by atoms with Crippen molar-refractivity contribution in [3.8, 4) is 0 Å². The van der Waals surface area contributed by atoms with E-state index in [4.69, 9.17) is 5.73 Å². The predicted molar refractivity (Wildman–Crippen MR) is 60.8 cm³/mol. The summed E-state index contributed by atoms with van der Waals surface area (Å²) in [7, 11) is 0. The molecule has 0 aromatic heterocycles. The molecule has 0 bridgehead atoms. The van der Waals surface area contributed by atoms with E-state index >= 15 is 0 Å². The highest BCUT2D eigenvalue weighted by atomic mass is 35.5. The Kier molecular flexibility index (Phi) is 6.67. The molecule has 2 atom stereocenters. The molecule has 2 nitrogen and oxygen atoms in total. The molecule has 1 saturated heterocycles. The summed E-state index contributed by atoms with van der Waals surface area (Å²) < 4.78 is 36.2. The zero-order valence-electron chi connectivity index (χ0n) is 9.46. The van der Waals surface area contributed by atoms with E-state index in [1.807, 2.05) is 11.8 Å². The molecule has 0 aliphatic carbocycles. The number of piperidine rings is 1.